The molecule has 0 radical (unpaired) electrons. The number of likely N-dealkylation sites (N-methyl/N-ethyl adjacent to an activating group) is 1. The van der Waals surface area contributed by atoms with Gasteiger partial charge in [-0.3, -0.25) is 9.59 Å². The maximum Gasteiger partial charge on any atom is 0.290 e. The first-order valence-corrected chi connectivity index (χ1v) is 8.58. The van der Waals surface area contributed by atoms with Crippen LogP contribution >= 0.6 is 0 Å². The van der Waals surface area contributed by atoms with Gasteiger partial charge >= 0.3 is 0 Å². The largest absolute Gasteiger partial charge is 0.451 e. The highest BCUT2D eigenvalue weighted by atomic mass is 16.3. The number of furan rings is 1. The number of unbranched alkanes of at least 4 members (excludes halogenated alkanes) is 1. The fraction of sp³-hybridized carbons (Fsp3) is 0.474. The van der Waals surface area contributed by atoms with Gasteiger partial charge in [-0.2, -0.15) is 0 Å². The van der Waals surface area contributed by atoms with Crippen molar-refractivity contribution in [2.45, 2.75) is 39.2 Å². The molecule has 0 bridgehead atoms. The smallest absolute Gasteiger partial charge is 0.290 e. The number of benzene rings is 1. The predicted octanol–water partition coefficient (Wildman–Crippen LogP) is 3.21. The monoisotopic (exact) mass is 328 g/mol. The molecule has 0 saturated carbocycles. The molecule has 1 aliphatic rings. The van der Waals surface area contributed by atoms with Crippen LogP contribution in [-0.4, -0.2) is 47.8 Å². The lowest BCUT2D eigenvalue weighted by Gasteiger charge is -2.38. The molecular formula is C19H24N2O3. The first-order valence-electron chi connectivity index (χ1n) is 8.58. The Hall–Kier alpha value is -2.30. The molecule has 1 aromatic carbocycles. The molecule has 1 aliphatic heterocycles. The van der Waals surface area contributed by atoms with Gasteiger partial charge in [0.1, 0.15) is 11.6 Å². The molecule has 2 aromatic rings. The molecule has 5 nitrogen and oxygen atoms in total. The highest BCUT2D eigenvalue weighted by Crippen LogP contribution is 2.25. The van der Waals surface area contributed by atoms with Gasteiger partial charge in [0, 0.05) is 25.5 Å². The van der Waals surface area contributed by atoms with Crippen LogP contribution in [0, 0.1) is 6.92 Å². The second-order valence-corrected chi connectivity index (χ2v) is 6.52. The molecule has 5 heteroatoms. The molecule has 1 atom stereocenters. The first kappa shape index (κ1) is 16.6. The van der Waals surface area contributed by atoms with E-state index in [9.17, 15) is 9.59 Å². The van der Waals surface area contributed by atoms with E-state index in [4.69, 9.17) is 4.42 Å². The minimum atomic E-state index is -0.384. The molecule has 0 N–H and O–H groups in total. The Bertz CT molecular complexity index is 765. The third kappa shape index (κ3) is 2.90. The van der Waals surface area contributed by atoms with Crippen molar-refractivity contribution in [3.8, 4) is 0 Å². The summed E-state index contributed by atoms with van der Waals surface area (Å²) in [5.74, 6) is 0.154. The Balaban J connectivity index is 1.90. The summed E-state index contributed by atoms with van der Waals surface area (Å²) in [7, 11) is 1.80. The zero-order valence-corrected chi connectivity index (χ0v) is 14.5. The second-order valence-electron chi connectivity index (χ2n) is 6.52. The Kier molecular flexibility index (Phi) is 4.60. The summed E-state index contributed by atoms with van der Waals surface area (Å²) in [5, 5.41) is 0.920. The number of fused-ring (bicyclic) bond motifs is 1. The van der Waals surface area contributed by atoms with E-state index in [0.29, 0.717) is 25.3 Å². The zero-order valence-electron chi connectivity index (χ0n) is 14.5. The fourth-order valence-electron chi connectivity index (χ4n) is 3.29. The number of amides is 2. The molecule has 2 amide bonds. The van der Waals surface area contributed by atoms with Gasteiger partial charge in [-0.1, -0.05) is 38.0 Å². The SMILES string of the molecule is CCCCC1C(=O)N(C)CCN1C(=O)c1cc2cccc(C)c2o1. The molecule has 1 unspecified atom stereocenters. The summed E-state index contributed by atoms with van der Waals surface area (Å²) in [5.41, 5.74) is 1.75. The maximum absolute atomic E-state index is 13.0. The van der Waals surface area contributed by atoms with E-state index in [1.54, 1.807) is 22.9 Å². The van der Waals surface area contributed by atoms with Crippen LogP contribution in [0.25, 0.3) is 11.0 Å². The molecule has 128 valence electrons. The van der Waals surface area contributed by atoms with Gasteiger partial charge in [0.05, 0.1) is 0 Å². The third-order valence-electron chi connectivity index (χ3n) is 4.76. The Morgan fingerprint density at radius 1 is 1.33 bits per heavy atom. The van der Waals surface area contributed by atoms with Crippen molar-refractivity contribution >= 4 is 22.8 Å². The lowest BCUT2D eigenvalue weighted by Crippen LogP contribution is -2.57. The molecular weight excluding hydrogens is 304 g/mol. The summed E-state index contributed by atoms with van der Waals surface area (Å²) in [6.45, 7) is 5.16. The summed E-state index contributed by atoms with van der Waals surface area (Å²) < 4.78 is 5.81. The number of hydrogen-bond acceptors (Lipinski definition) is 3. The fourth-order valence-corrected chi connectivity index (χ4v) is 3.29. The molecule has 1 aromatic heterocycles. The molecule has 3 rings (SSSR count). The van der Waals surface area contributed by atoms with Gasteiger partial charge in [0.25, 0.3) is 5.91 Å². The van der Waals surface area contributed by atoms with Crippen molar-refractivity contribution in [3.05, 3.63) is 35.6 Å². The van der Waals surface area contributed by atoms with Crippen molar-refractivity contribution in [1.82, 2.24) is 9.80 Å². The number of nitrogens with zero attached hydrogens (tertiary/aromatic N) is 2. The molecule has 1 saturated heterocycles. The predicted molar refractivity (Wildman–Crippen MR) is 92.9 cm³/mol. The van der Waals surface area contributed by atoms with E-state index in [1.165, 1.54) is 0 Å². The maximum atomic E-state index is 13.0. The average molecular weight is 328 g/mol. The highest BCUT2D eigenvalue weighted by Gasteiger charge is 2.36. The Labute approximate surface area is 142 Å². The quantitative estimate of drug-likeness (QED) is 0.866. The molecule has 0 spiro atoms. The van der Waals surface area contributed by atoms with Crippen LogP contribution in [0.15, 0.2) is 28.7 Å². The molecule has 0 aliphatic carbocycles. The topological polar surface area (TPSA) is 53.8 Å². The molecule has 1 fully saturated rings. The van der Waals surface area contributed by atoms with E-state index in [1.807, 2.05) is 25.1 Å². The number of rotatable bonds is 4. The lowest BCUT2D eigenvalue weighted by atomic mass is 10.0. The number of carbonyl (C=O) groups excluding carboxylic acids is 2. The van der Waals surface area contributed by atoms with Crippen LogP contribution < -0.4 is 0 Å². The minimum Gasteiger partial charge on any atom is -0.451 e. The van der Waals surface area contributed by atoms with Gasteiger partial charge in [0.2, 0.25) is 5.91 Å². The first-order chi connectivity index (χ1) is 11.5. The number of hydrogen-bond donors (Lipinski definition) is 0. The van der Waals surface area contributed by atoms with Gasteiger partial charge in [-0.25, -0.2) is 0 Å². The third-order valence-corrected chi connectivity index (χ3v) is 4.76. The Morgan fingerprint density at radius 3 is 2.83 bits per heavy atom. The zero-order chi connectivity index (χ0) is 17.3. The minimum absolute atomic E-state index is 0.0235. The second kappa shape index (κ2) is 6.67. The average Bonchev–Trinajstić information content (AvgIpc) is 3.01. The van der Waals surface area contributed by atoms with E-state index in [0.717, 1.165) is 29.4 Å². The summed E-state index contributed by atoms with van der Waals surface area (Å²) in [6.07, 6.45) is 2.62. The standard InChI is InChI=1S/C19H24N2O3/c1-4-5-9-15-18(22)20(3)10-11-21(15)19(23)16-12-14-8-6-7-13(2)17(14)24-16/h6-8,12,15H,4-5,9-11H2,1-3H3. The van der Waals surface area contributed by atoms with Crippen LogP contribution in [0.4, 0.5) is 0 Å². The van der Waals surface area contributed by atoms with Crippen molar-refractivity contribution in [1.29, 1.82) is 0 Å². The lowest BCUT2D eigenvalue weighted by molar-refractivity contribution is -0.138. The van der Waals surface area contributed by atoms with Crippen molar-refractivity contribution in [2.75, 3.05) is 20.1 Å². The van der Waals surface area contributed by atoms with Crippen molar-refractivity contribution in [2.24, 2.45) is 0 Å². The van der Waals surface area contributed by atoms with Crippen LogP contribution in [0.2, 0.25) is 0 Å². The van der Waals surface area contributed by atoms with Crippen LogP contribution in [0.5, 0.6) is 0 Å². The summed E-state index contributed by atoms with van der Waals surface area (Å²) >= 11 is 0. The van der Waals surface area contributed by atoms with Gasteiger partial charge in [-0.15, -0.1) is 0 Å². The van der Waals surface area contributed by atoms with Crippen LogP contribution in [-0.2, 0) is 4.79 Å². The Morgan fingerprint density at radius 2 is 2.12 bits per heavy atom. The van der Waals surface area contributed by atoms with Crippen molar-refractivity contribution in [3.63, 3.8) is 0 Å². The molecule has 2 heterocycles. The van der Waals surface area contributed by atoms with E-state index < -0.39 is 0 Å². The van der Waals surface area contributed by atoms with Crippen LogP contribution in [0.1, 0.15) is 42.3 Å². The molecule has 24 heavy (non-hydrogen) atoms. The summed E-state index contributed by atoms with van der Waals surface area (Å²) in [6, 6.07) is 7.25. The van der Waals surface area contributed by atoms with E-state index in [2.05, 4.69) is 6.92 Å². The van der Waals surface area contributed by atoms with Crippen molar-refractivity contribution < 1.29 is 14.0 Å². The highest BCUT2D eigenvalue weighted by molar-refractivity contribution is 5.99. The normalized spacial score (nSPS) is 18.5. The van der Waals surface area contributed by atoms with E-state index >= 15 is 0 Å². The number of piperazine rings is 1. The van der Waals surface area contributed by atoms with Gasteiger partial charge in [-0.05, 0) is 25.0 Å². The number of carbonyl (C=O) groups is 2. The summed E-state index contributed by atoms with van der Waals surface area (Å²) in [4.78, 5) is 28.9. The van der Waals surface area contributed by atoms with Gasteiger partial charge in [0.15, 0.2) is 5.76 Å². The van der Waals surface area contributed by atoms with Crippen LogP contribution in [0.3, 0.4) is 0 Å². The number of aryl methyl sites for hydroxylation is 1. The van der Waals surface area contributed by atoms with E-state index in [-0.39, 0.29) is 17.9 Å². The van der Waals surface area contributed by atoms with Gasteiger partial charge < -0.3 is 14.2 Å². The number of para-hydroxylation sites is 1.